The molecular weight excluding hydrogens is 368 g/mol. The largest absolute Gasteiger partial charge is 0.493 e. The fraction of sp³-hybridized carbons (Fsp3) is 0.318. The Balaban J connectivity index is 1.29. The second kappa shape index (κ2) is 8.77. The van der Waals surface area contributed by atoms with Crippen molar-refractivity contribution in [2.75, 3.05) is 25.0 Å². The number of imidazole rings is 1. The SMILES string of the molecule is O=C(Nc1nc2ccccc2[nH]1)C1CCCN(C(=O)CCOc2ccccc2)C1. The molecule has 0 bridgehead atoms. The highest BCUT2D eigenvalue weighted by Gasteiger charge is 2.28. The quantitative estimate of drug-likeness (QED) is 0.674. The lowest BCUT2D eigenvalue weighted by Crippen LogP contribution is -2.44. The standard InChI is InChI=1S/C22H24N4O3/c27-20(12-14-29-17-8-2-1-3-9-17)26-13-6-7-16(15-26)21(28)25-22-23-18-10-4-5-11-19(18)24-22/h1-5,8-11,16H,6-7,12-15H2,(H2,23,24,25,28). The third-order valence-corrected chi connectivity index (χ3v) is 5.10. The Hall–Kier alpha value is -3.35. The first-order valence-corrected chi connectivity index (χ1v) is 9.90. The van der Waals surface area contributed by atoms with Crippen molar-refractivity contribution in [3.8, 4) is 5.75 Å². The summed E-state index contributed by atoms with van der Waals surface area (Å²) < 4.78 is 5.61. The molecule has 7 nitrogen and oxygen atoms in total. The third-order valence-electron chi connectivity index (χ3n) is 5.10. The minimum absolute atomic E-state index is 0.0159. The van der Waals surface area contributed by atoms with Crippen molar-refractivity contribution in [1.82, 2.24) is 14.9 Å². The maximum absolute atomic E-state index is 12.7. The summed E-state index contributed by atoms with van der Waals surface area (Å²) >= 11 is 0. The van der Waals surface area contributed by atoms with Gasteiger partial charge in [0.15, 0.2) is 0 Å². The summed E-state index contributed by atoms with van der Waals surface area (Å²) in [4.78, 5) is 34.5. The molecule has 1 aromatic heterocycles. The van der Waals surface area contributed by atoms with Crippen molar-refractivity contribution in [3.05, 3.63) is 54.6 Å². The summed E-state index contributed by atoms with van der Waals surface area (Å²) in [5, 5.41) is 2.86. The van der Waals surface area contributed by atoms with Crippen LogP contribution >= 0.6 is 0 Å². The van der Waals surface area contributed by atoms with Gasteiger partial charge < -0.3 is 14.6 Å². The van der Waals surface area contributed by atoms with Gasteiger partial charge in [0.25, 0.3) is 0 Å². The fourth-order valence-corrected chi connectivity index (χ4v) is 3.58. The van der Waals surface area contributed by atoms with Crippen molar-refractivity contribution in [2.45, 2.75) is 19.3 Å². The molecule has 0 saturated carbocycles. The molecule has 1 aliphatic heterocycles. The lowest BCUT2D eigenvalue weighted by Gasteiger charge is -2.32. The molecule has 0 spiro atoms. The van der Waals surface area contributed by atoms with E-state index in [9.17, 15) is 9.59 Å². The van der Waals surface area contributed by atoms with E-state index in [-0.39, 0.29) is 17.7 Å². The number of nitrogens with one attached hydrogen (secondary N) is 2. The predicted molar refractivity (Wildman–Crippen MR) is 111 cm³/mol. The second-order valence-electron chi connectivity index (χ2n) is 7.18. The van der Waals surface area contributed by atoms with Gasteiger partial charge in [-0.25, -0.2) is 4.98 Å². The number of nitrogens with zero attached hydrogens (tertiary/aromatic N) is 2. The van der Waals surface area contributed by atoms with E-state index in [0.29, 0.717) is 32.1 Å². The van der Waals surface area contributed by atoms with Crippen LogP contribution in [0.25, 0.3) is 11.0 Å². The number of H-pyrrole nitrogens is 1. The zero-order chi connectivity index (χ0) is 20.1. The number of benzene rings is 2. The van der Waals surface area contributed by atoms with E-state index in [1.54, 1.807) is 4.90 Å². The van der Waals surface area contributed by atoms with E-state index in [2.05, 4.69) is 15.3 Å². The van der Waals surface area contributed by atoms with Crippen LogP contribution in [0.15, 0.2) is 54.6 Å². The normalized spacial score (nSPS) is 16.6. The lowest BCUT2D eigenvalue weighted by atomic mass is 9.97. The van der Waals surface area contributed by atoms with Gasteiger partial charge in [-0.3, -0.25) is 14.9 Å². The number of hydrogen-bond acceptors (Lipinski definition) is 4. The third kappa shape index (κ3) is 4.74. The number of likely N-dealkylation sites (tertiary alicyclic amines) is 1. The summed E-state index contributed by atoms with van der Waals surface area (Å²) in [6.07, 6.45) is 1.87. The van der Waals surface area contributed by atoms with Crippen molar-refractivity contribution >= 4 is 28.8 Å². The van der Waals surface area contributed by atoms with Crippen LogP contribution in [0.5, 0.6) is 5.75 Å². The first-order valence-electron chi connectivity index (χ1n) is 9.90. The number of ether oxygens (including phenoxy) is 1. The number of fused-ring (bicyclic) bond motifs is 1. The molecule has 29 heavy (non-hydrogen) atoms. The van der Waals surface area contributed by atoms with Gasteiger partial charge >= 0.3 is 0 Å². The van der Waals surface area contributed by atoms with Crippen LogP contribution in [0.3, 0.4) is 0 Å². The molecule has 0 aliphatic carbocycles. The molecule has 3 aromatic rings. The van der Waals surface area contributed by atoms with Gasteiger partial charge in [0.1, 0.15) is 5.75 Å². The molecule has 1 aliphatic rings. The van der Waals surface area contributed by atoms with E-state index in [4.69, 9.17) is 4.74 Å². The Morgan fingerprint density at radius 2 is 1.93 bits per heavy atom. The lowest BCUT2D eigenvalue weighted by molar-refractivity contribution is -0.135. The highest BCUT2D eigenvalue weighted by molar-refractivity contribution is 5.93. The van der Waals surface area contributed by atoms with E-state index in [1.165, 1.54) is 0 Å². The van der Waals surface area contributed by atoms with Crippen LogP contribution in [0, 0.1) is 5.92 Å². The first-order chi connectivity index (χ1) is 14.2. The van der Waals surface area contributed by atoms with E-state index in [0.717, 1.165) is 29.6 Å². The molecule has 0 radical (unpaired) electrons. The number of hydrogen-bond donors (Lipinski definition) is 2. The number of anilines is 1. The number of rotatable bonds is 6. The van der Waals surface area contributed by atoms with Gasteiger partial charge in [-0.2, -0.15) is 0 Å². The number of para-hydroxylation sites is 3. The summed E-state index contributed by atoms with van der Waals surface area (Å²) in [5.74, 6) is 0.859. The second-order valence-corrected chi connectivity index (χ2v) is 7.18. The Morgan fingerprint density at radius 3 is 2.76 bits per heavy atom. The average Bonchev–Trinajstić information content (AvgIpc) is 3.17. The first kappa shape index (κ1) is 19.0. The van der Waals surface area contributed by atoms with Crippen molar-refractivity contribution < 1.29 is 14.3 Å². The molecule has 2 N–H and O–H groups in total. The minimum atomic E-state index is -0.240. The van der Waals surface area contributed by atoms with Crippen molar-refractivity contribution in [1.29, 1.82) is 0 Å². The number of carbonyl (C=O) groups excluding carboxylic acids is 2. The van der Waals surface area contributed by atoms with Gasteiger partial charge in [-0.15, -0.1) is 0 Å². The molecule has 1 fully saturated rings. The highest BCUT2D eigenvalue weighted by Crippen LogP contribution is 2.20. The van der Waals surface area contributed by atoms with E-state index < -0.39 is 0 Å². The molecule has 4 rings (SSSR count). The van der Waals surface area contributed by atoms with Crippen molar-refractivity contribution in [2.24, 2.45) is 5.92 Å². The van der Waals surface area contributed by atoms with E-state index in [1.807, 2.05) is 54.6 Å². The molecule has 2 amide bonds. The van der Waals surface area contributed by atoms with Gasteiger partial charge in [-0.05, 0) is 37.1 Å². The molecule has 1 unspecified atom stereocenters. The molecule has 2 aromatic carbocycles. The monoisotopic (exact) mass is 392 g/mol. The Morgan fingerprint density at radius 1 is 1.14 bits per heavy atom. The van der Waals surface area contributed by atoms with Crippen LogP contribution in [-0.2, 0) is 9.59 Å². The van der Waals surface area contributed by atoms with Gasteiger partial charge in [0.2, 0.25) is 17.8 Å². The van der Waals surface area contributed by atoms with Gasteiger partial charge in [0.05, 0.1) is 30.0 Å². The Labute approximate surface area is 169 Å². The summed E-state index contributed by atoms with van der Waals surface area (Å²) in [6, 6.07) is 17.1. The zero-order valence-corrected chi connectivity index (χ0v) is 16.1. The maximum atomic E-state index is 12.7. The van der Waals surface area contributed by atoms with Crippen molar-refractivity contribution in [3.63, 3.8) is 0 Å². The number of aromatic nitrogens is 2. The molecular formula is C22H24N4O3. The Bertz CT molecular complexity index is 953. The Kier molecular flexibility index (Phi) is 5.74. The number of carbonyl (C=O) groups is 2. The van der Waals surface area contributed by atoms with Gasteiger partial charge in [0, 0.05) is 13.1 Å². The van der Waals surface area contributed by atoms with Crippen LogP contribution in [0.2, 0.25) is 0 Å². The zero-order valence-electron chi connectivity index (χ0n) is 16.1. The van der Waals surface area contributed by atoms with Crippen LogP contribution in [0.1, 0.15) is 19.3 Å². The summed E-state index contributed by atoms with van der Waals surface area (Å²) in [5.41, 5.74) is 1.68. The molecule has 2 heterocycles. The molecule has 1 atom stereocenters. The minimum Gasteiger partial charge on any atom is -0.493 e. The van der Waals surface area contributed by atoms with Crippen LogP contribution in [0.4, 0.5) is 5.95 Å². The number of aromatic amines is 1. The van der Waals surface area contributed by atoms with Gasteiger partial charge in [-0.1, -0.05) is 30.3 Å². The molecule has 150 valence electrons. The predicted octanol–water partition coefficient (Wildman–Crippen LogP) is 3.21. The number of piperidine rings is 1. The molecule has 7 heteroatoms. The van der Waals surface area contributed by atoms with E-state index >= 15 is 0 Å². The fourth-order valence-electron chi connectivity index (χ4n) is 3.58. The topological polar surface area (TPSA) is 87.3 Å². The average molecular weight is 392 g/mol. The summed E-state index contributed by atoms with van der Waals surface area (Å²) in [7, 11) is 0. The van der Waals surface area contributed by atoms with Crippen LogP contribution < -0.4 is 10.1 Å². The summed E-state index contributed by atoms with van der Waals surface area (Å²) in [6.45, 7) is 1.43. The molecule has 1 saturated heterocycles. The number of amides is 2. The van der Waals surface area contributed by atoms with Crippen LogP contribution in [-0.4, -0.2) is 46.4 Å². The highest BCUT2D eigenvalue weighted by atomic mass is 16.5. The smallest absolute Gasteiger partial charge is 0.231 e. The maximum Gasteiger partial charge on any atom is 0.231 e.